The Morgan fingerprint density at radius 1 is 1.50 bits per heavy atom. The lowest BCUT2D eigenvalue weighted by atomic mass is 9.99. The quantitative estimate of drug-likeness (QED) is 0.463. The molecule has 1 unspecified atom stereocenters. The molecule has 1 aliphatic rings. The van der Waals surface area contributed by atoms with E-state index in [9.17, 15) is 0 Å². The van der Waals surface area contributed by atoms with Crippen molar-refractivity contribution in [1.82, 2.24) is 5.32 Å². The van der Waals surface area contributed by atoms with Crippen molar-refractivity contribution in [2.75, 3.05) is 13.1 Å². The normalized spacial score (nSPS) is 39.8. The first-order chi connectivity index (χ1) is 3.79. The zero-order valence-corrected chi connectivity index (χ0v) is 5.35. The molecule has 0 aromatic carbocycles. The molecule has 0 amide bonds. The van der Waals surface area contributed by atoms with Gasteiger partial charge in [-0.3, -0.25) is 0 Å². The summed E-state index contributed by atoms with van der Waals surface area (Å²) in [5.74, 6) is 0.777. The topological polar surface area (TPSA) is 38.0 Å². The first kappa shape index (κ1) is 6.05. The van der Waals surface area contributed by atoms with Gasteiger partial charge in [0.2, 0.25) is 0 Å². The highest BCUT2D eigenvalue weighted by molar-refractivity contribution is 4.75. The van der Waals surface area contributed by atoms with Crippen molar-refractivity contribution in [2.24, 2.45) is 11.7 Å². The molecule has 48 valence electrons. The number of rotatable bonds is 0. The first-order valence-corrected chi connectivity index (χ1v) is 3.25. The molecule has 0 spiro atoms. The van der Waals surface area contributed by atoms with Crippen LogP contribution in [-0.4, -0.2) is 19.1 Å². The van der Waals surface area contributed by atoms with Gasteiger partial charge in [0.15, 0.2) is 0 Å². The summed E-state index contributed by atoms with van der Waals surface area (Å²) in [6.45, 7) is 4.38. The van der Waals surface area contributed by atoms with E-state index in [1.807, 2.05) is 0 Å². The Morgan fingerprint density at radius 2 is 2.25 bits per heavy atom. The predicted molar refractivity (Wildman–Crippen MR) is 34.6 cm³/mol. The molecule has 8 heavy (non-hydrogen) atoms. The van der Waals surface area contributed by atoms with Crippen LogP contribution in [0.3, 0.4) is 0 Å². The zero-order chi connectivity index (χ0) is 5.98. The van der Waals surface area contributed by atoms with E-state index >= 15 is 0 Å². The molecule has 1 rings (SSSR count). The van der Waals surface area contributed by atoms with E-state index in [-0.39, 0.29) is 0 Å². The summed E-state index contributed by atoms with van der Waals surface area (Å²) in [5.41, 5.74) is 5.66. The lowest BCUT2D eigenvalue weighted by molar-refractivity contribution is 0.364. The van der Waals surface area contributed by atoms with E-state index in [1.165, 1.54) is 6.42 Å². The second-order valence-corrected chi connectivity index (χ2v) is 2.76. The van der Waals surface area contributed by atoms with Crippen LogP contribution in [0.2, 0.25) is 0 Å². The van der Waals surface area contributed by atoms with Gasteiger partial charge in [-0.1, -0.05) is 6.92 Å². The van der Waals surface area contributed by atoms with Crippen LogP contribution >= 0.6 is 0 Å². The maximum absolute atomic E-state index is 5.66. The van der Waals surface area contributed by atoms with E-state index in [4.69, 9.17) is 5.73 Å². The molecule has 3 N–H and O–H groups in total. The molecule has 0 radical (unpaired) electrons. The highest BCUT2D eigenvalue weighted by atomic mass is 14.9. The van der Waals surface area contributed by atoms with Crippen molar-refractivity contribution < 1.29 is 0 Å². The van der Waals surface area contributed by atoms with E-state index < -0.39 is 0 Å². The number of nitrogens with two attached hydrogens (primary N) is 1. The van der Waals surface area contributed by atoms with Crippen LogP contribution in [0.15, 0.2) is 0 Å². The largest absolute Gasteiger partial charge is 0.327 e. The fourth-order valence-electron chi connectivity index (χ4n) is 1.20. The van der Waals surface area contributed by atoms with Crippen LogP contribution in [0.1, 0.15) is 13.3 Å². The van der Waals surface area contributed by atoms with Gasteiger partial charge in [0.05, 0.1) is 0 Å². The fourth-order valence-corrected chi connectivity index (χ4v) is 1.20. The molecular weight excluding hydrogens is 100 g/mol. The molecule has 2 heteroatoms. The summed E-state index contributed by atoms with van der Waals surface area (Å²) in [5, 5.41) is 3.26. The van der Waals surface area contributed by atoms with E-state index in [0.29, 0.717) is 6.04 Å². The summed E-state index contributed by atoms with van der Waals surface area (Å²) in [7, 11) is 0. The molecule has 0 bridgehead atoms. The van der Waals surface area contributed by atoms with E-state index in [1.54, 1.807) is 0 Å². The molecule has 1 aliphatic heterocycles. The molecule has 1 heterocycles. The number of piperidine rings is 1. The van der Waals surface area contributed by atoms with Crippen LogP contribution < -0.4 is 11.1 Å². The maximum Gasteiger partial charge on any atom is 0.0168 e. The van der Waals surface area contributed by atoms with E-state index in [0.717, 1.165) is 19.0 Å². The maximum atomic E-state index is 5.66. The fraction of sp³-hybridized carbons (Fsp3) is 1.00. The number of hydrogen-bond donors (Lipinski definition) is 2. The Bertz CT molecular complexity index is 64.9. The third kappa shape index (κ3) is 1.46. The summed E-state index contributed by atoms with van der Waals surface area (Å²) < 4.78 is 0. The van der Waals surface area contributed by atoms with Gasteiger partial charge in [-0.05, 0) is 18.9 Å². The molecular formula is C6H14N2. The summed E-state index contributed by atoms with van der Waals surface area (Å²) >= 11 is 0. The third-order valence-corrected chi connectivity index (χ3v) is 1.60. The molecule has 0 saturated carbocycles. The van der Waals surface area contributed by atoms with Crippen LogP contribution in [0, 0.1) is 5.92 Å². The highest BCUT2D eigenvalue weighted by Gasteiger charge is 2.13. The van der Waals surface area contributed by atoms with Crippen molar-refractivity contribution in [1.29, 1.82) is 0 Å². The Hall–Kier alpha value is -0.0800. The minimum absolute atomic E-state index is 0.402. The van der Waals surface area contributed by atoms with Crippen LogP contribution in [-0.2, 0) is 0 Å². The van der Waals surface area contributed by atoms with Crippen LogP contribution in [0.4, 0.5) is 0 Å². The van der Waals surface area contributed by atoms with Crippen LogP contribution in [0.5, 0.6) is 0 Å². The lowest BCUT2D eigenvalue weighted by Gasteiger charge is -2.24. The molecule has 2 atom stereocenters. The van der Waals surface area contributed by atoms with Crippen molar-refractivity contribution >= 4 is 0 Å². The Kier molecular flexibility index (Phi) is 1.86. The van der Waals surface area contributed by atoms with Gasteiger partial charge in [0.25, 0.3) is 0 Å². The average Bonchev–Trinajstić information content (AvgIpc) is 1.64. The number of hydrogen-bond acceptors (Lipinski definition) is 2. The minimum atomic E-state index is 0.402. The zero-order valence-electron chi connectivity index (χ0n) is 5.35. The first-order valence-electron chi connectivity index (χ1n) is 3.25. The van der Waals surface area contributed by atoms with Gasteiger partial charge < -0.3 is 11.1 Å². The summed E-state index contributed by atoms with van der Waals surface area (Å²) in [6, 6.07) is 0.402. The molecule has 0 aromatic heterocycles. The second-order valence-electron chi connectivity index (χ2n) is 2.76. The van der Waals surface area contributed by atoms with Gasteiger partial charge >= 0.3 is 0 Å². The Labute approximate surface area is 50.4 Å². The smallest absolute Gasteiger partial charge is 0.0168 e. The van der Waals surface area contributed by atoms with Crippen molar-refractivity contribution in [3.05, 3.63) is 0 Å². The summed E-state index contributed by atoms with van der Waals surface area (Å²) in [4.78, 5) is 0. The minimum Gasteiger partial charge on any atom is -0.327 e. The van der Waals surface area contributed by atoms with Gasteiger partial charge in [-0.2, -0.15) is 0 Å². The van der Waals surface area contributed by atoms with Crippen molar-refractivity contribution in [3.63, 3.8) is 0 Å². The van der Waals surface area contributed by atoms with Gasteiger partial charge in [0.1, 0.15) is 0 Å². The molecule has 2 nitrogen and oxygen atoms in total. The Morgan fingerprint density at radius 3 is 2.62 bits per heavy atom. The standard InChI is InChI=1S/C6H14N2/c1-5-2-6(7)4-8-3-5/h5-6,8H,2-4,7H2,1H3/t5-,6?/m1/s1. The molecule has 1 saturated heterocycles. The van der Waals surface area contributed by atoms with E-state index in [2.05, 4.69) is 12.2 Å². The molecule has 0 aromatic rings. The Balaban J connectivity index is 2.23. The van der Waals surface area contributed by atoms with Gasteiger partial charge in [-0.25, -0.2) is 0 Å². The number of nitrogens with one attached hydrogen (secondary N) is 1. The van der Waals surface area contributed by atoms with Crippen molar-refractivity contribution in [2.45, 2.75) is 19.4 Å². The molecule has 0 aliphatic carbocycles. The monoisotopic (exact) mass is 114 g/mol. The summed E-state index contributed by atoms with van der Waals surface area (Å²) in [6.07, 6.45) is 1.19. The third-order valence-electron chi connectivity index (χ3n) is 1.60. The van der Waals surface area contributed by atoms with Gasteiger partial charge in [0, 0.05) is 12.6 Å². The second kappa shape index (κ2) is 2.46. The van der Waals surface area contributed by atoms with Gasteiger partial charge in [-0.15, -0.1) is 0 Å². The average molecular weight is 114 g/mol. The highest BCUT2D eigenvalue weighted by Crippen LogP contribution is 2.06. The van der Waals surface area contributed by atoms with Crippen LogP contribution in [0.25, 0.3) is 0 Å². The van der Waals surface area contributed by atoms with Crippen molar-refractivity contribution in [3.8, 4) is 0 Å². The predicted octanol–water partition coefficient (Wildman–Crippen LogP) is -0.0569. The molecule has 1 fully saturated rings. The lowest BCUT2D eigenvalue weighted by Crippen LogP contribution is -2.43. The SMILES string of the molecule is C[C@H]1CNCC(N)C1.